The summed E-state index contributed by atoms with van der Waals surface area (Å²) in [6.07, 6.45) is 7.25. The molecule has 0 radical (unpaired) electrons. The summed E-state index contributed by atoms with van der Waals surface area (Å²) in [5, 5.41) is 9.05. The van der Waals surface area contributed by atoms with Crippen molar-refractivity contribution < 1.29 is 4.79 Å². The van der Waals surface area contributed by atoms with E-state index in [0.717, 1.165) is 48.2 Å². The monoisotopic (exact) mass is 393 g/mol. The molecule has 8 nitrogen and oxygen atoms in total. The Hall–Kier alpha value is -2.84. The number of carbonyl (C=O) groups excluding carboxylic acids is 1. The molecular formula is C21H27N7O. The molecule has 0 unspecified atom stereocenters. The highest BCUT2D eigenvalue weighted by molar-refractivity contribution is 5.94. The van der Waals surface area contributed by atoms with E-state index in [9.17, 15) is 4.79 Å². The maximum Gasteiger partial charge on any atom is 0.239 e. The van der Waals surface area contributed by atoms with Crippen molar-refractivity contribution in [1.29, 1.82) is 0 Å². The van der Waals surface area contributed by atoms with Crippen molar-refractivity contribution in [3.8, 4) is 11.3 Å². The number of anilines is 1. The van der Waals surface area contributed by atoms with Gasteiger partial charge in [0.2, 0.25) is 5.91 Å². The number of hydrogen-bond acceptors (Lipinski definition) is 6. The van der Waals surface area contributed by atoms with Crippen molar-refractivity contribution in [2.45, 2.75) is 19.9 Å². The van der Waals surface area contributed by atoms with Gasteiger partial charge >= 0.3 is 0 Å². The molecule has 8 heteroatoms. The molecule has 4 heterocycles. The van der Waals surface area contributed by atoms with Gasteiger partial charge in [0.05, 0.1) is 18.4 Å². The molecule has 1 N–H and O–H groups in total. The summed E-state index contributed by atoms with van der Waals surface area (Å²) in [5.74, 6) is 0.531. The summed E-state index contributed by atoms with van der Waals surface area (Å²) in [7, 11) is 1.88. The molecule has 0 aromatic carbocycles. The predicted molar refractivity (Wildman–Crippen MR) is 114 cm³/mol. The van der Waals surface area contributed by atoms with Gasteiger partial charge in [0.25, 0.3) is 0 Å². The molecule has 152 valence electrons. The van der Waals surface area contributed by atoms with Gasteiger partial charge in [0.1, 0.15) is 5.82 Å². The molecule has 3 aromatic rings. The van der Waals surface area contributed by atoms with E-state index in [-0.39, 0.29) is 5.91 Å². The summed E-state index contributed by atoms with van der Waals surface area (Å²) in [4.78, 5) is 26.0. The highest BCUT2D eigenvalue weighted by Gasteiger charge is 2.20. The van der Waals surface area contributed by atoms with E-state index in [4.69, 9.17) is 0 Å². The van der Waals surface area contributed by atoms with E-state index < -0.39 is 0 Å². The van der Waals surface area contributed by atoms with Crippen LogP contribution in [0.15, 0.2) is 36.9 Å². The van der Waals surface area contributed by atoms with E-state index >= 15 is 0 Å². The summed E-state index contributed by atoms with van der Waals surface area (Å²) < 4.78 is 1.75. The standard InChI is InChI=1S/C21H27N7O/c1-15(2)28-6-4-27(5-7-28)14-21(29)25-20-9-16-8-19(18-12-24-26(3)13-18)22-10-17(16)11-23-20/h8-13,15H,4-7,14H2,1-3H3,(H,23,25,29). The molecule has 1 fully saturated rings. The Morgan fingerprint density at radius 2 is 1.83 bits per heavy atom. The van der Waals surface area contributed by atoms with Gasteiger partial charge in [-0.15, -0.1) is 0 Å². The lowest BCUT2D eigenvalue weighted by atomic mass is 10.1. The number of hydrogen-bond donors (Lipinski definition) is 1. The Balaban J connectivity index is 1.42. The van der Waals surface area contributed by atoms with Gasteiger partial charge in [-0.05, 0) is 31.4 Å². The molecule has 0 aliphatic carbocycles. The van der Waals surface area contributed by atoms with Crippen molar-refractivity contribution in [2.24, 2.45) is 7.05 Å². The van der Waals surface area contributed by atoms with Gasteiger partial charge in [-0.1, -0.05) is 0 Å². The van der Waals surface area contributed by atoms with Crippen molar-refractivity contribution in [1.82, 2.24) is 29.5 Å². The van der Waals surface area contributed by atoms with Crippen molar-refractivity contribution in [3.63, 3.8) is 0 Å². The molecular weight excluding hydrogens is 366 g/mol. The Morgan fingerprint density at radius 3 is 2.52 bits per heavy atom. The first-order valence-electron chi connectivity index (χ1n) is 9.99. The minimum absolute atomic E-state index is 0.0311. The maximum atomic E-state index is 12.5. The zero-order valence-corrected chi connectivity index (χ0v) is 17.2. The second-order valence-corrected chi connectivity index (χ2v) is 7.84. The normalized spacial score (nSPS) is 15.9. The maximum absolute atomic E-state index is 12.5. The highest BCUT2D eigenvalue weighted by atomic mass is 16.2. The Labute approximate surface area is 170 Å². The third-order valence-electron chi connectivity index (χ3n) is 5.38. The molecule has 29 heavy (non-hydrogen) atoms. The molecule has 1 amide bonds. The summed E-state index contributed by atoms with van der Waals surface area (Å²) in [6, 6.07) is 4.44. The van der Waals surface area contributed by atoms with Gasteiger partial charge in [-0.2, -0.15) is 5.10 Å². The third kappa shape index (κ3) is 4.60. The van der Waals surface area contributed by atoms with Crippen LogP contribution in [0.1, 0.15) is 13.8 Å². The highest BCUT2D eigenvalue weighted by Crippen LogP contribution is 2.22. The lowest BCUT2D eigenvalue weighted by Gasteiger charge is -2.36. The quantitative estimate of drug-likeness (QED) is 0.714. The van der Waals surface area contributed by atoms with Crippen LogP contribution in [-0.2, 0) is 11.8 Å². The van der Waals surface area contributed by atoms with E-state index in [1.165, 1.54) is 0 Å². The average molecular weight is 393 g/mol. The number of rotatable bonds is 5. The lowest BCUT2D eigenvalue weighted by molar-refractivity contribution is -0.117. The van der Waals surface area contributed by atoms with Crippen LogP contribution in [0.25, 0.3) is 22.0 Å². The second kappa shape index (κ2) is 8.26. The second-order valence-electron chi connectivity index (χ2n) is 7.84. The number of carbonyl (C=O) groups is 1. The Morgan fingerprint density at radius 1 is 1.07 bits per heavy atom. The van der Waals surface area contributed by atoms with Gasteiger partial charge in [-0.3, -0.25) is 24.3 Å². The number of aromatic nitrogens is 4. The molecule has 1 aliphatic heterocycles. The summed E-state index contributed by atoms with van der Waals surface area (Å²) in [5.41, 5.74) is 1.80. The van der Waals surface area contributed by atoms with Gasteiger partial charge < -0.3 is 5.32 Å². The smallest absolute Gasteiger partial charge is 0.239 e. The minimum Gasteiger partial charge on any atom is -0.310 e. The van der Waals surface area contributed by atoms with Crippen molar-refractivity contribution in [3.05, 3.63) is 36.9 Å². The number of amides is 1. The van der Waals surface area contributed by atoms with Crippen molar-refractivity contribution in [2.75, 3.05) is 38.0 Å². The number of pyridine rings is 2. The number of nitrogens with zero attached hydrogens (tertiary/aromatic N) is 6. The Kier molecular flexibility index (Phi) is 5.55. The molecule has 3 aromatic heterocycles. The number of piperazine rings is 1. The van der Waals surface area contributed by atoms with Crippen LogP contribution in [-0.4, -0.2) is 74.2 Å². The minimum atomic E-state index is -0.0311. The fourth-order valence-electron chi connectivity index (χ4n) is 3.64. The first-order valence-corrected chi connectivity index (χ1v) is 9.99. The van der Waals surface area contributed by atoms with Crippen LogP contribution in [0.5, 0.6) is 0 Å². The number of fused-ring (bicyclic) bond motifs is 1. The molecule has 0 saturated carbocycles. The fourth-order valence-corrected chi connectivity index (χ4v) is 3.64. The lowest BCUT2D eigenvalue weighted by Crippen LogP contribution is -2.50. The largest absolute Gasteiger partial charge is 0.310 e. The molecule has 0 bridgehead atoms. The molecule has 1 saturated heterocycles. The SMILES string of the molecule is CC(C)N1CCN(CC(=O)Nc2cc3cc(-c4cnn(C)c4)ncc3cn2)CC1. The van der Waals surface area contributed by atoms with Gasteiger partial charge in [0.15, 0.2) is 0 Å². The number of nitrogens with one attached hydrogen (secondary N) is 1. The van der Waals surface area contributed by atoms with Crippen LogP contribution in [0.3, 0.4) is 0 Å². The summed E-state index contributed by atoms with van der Waals surface area (Å²) >= 11 is 0. The molecule has 0 spiro atoms. The van der Waals surface area contributed by atoms with E-state index in [2.05, 4.69) is 44.0 Å². The third-order valence-corrected chi connectivity index (χ3v) is 5.38. The number of aryl methyl sites for hydroxylation is 1. The Bertz CT molecular complexity index is 1010. The van der Waals surface area contributed by atoms with Crippen LogP contribution < -0.4 is 5.32 Å². The first-order chi connectivity index (χ1) is 14.0. The van der Waals surface area contributed by atoms with Crippen LogP contribution in [0.2, 0.25) is 0 Å². The first kappa shape index (κ1) is 19.5. The van der Waals surface area contributed by atoms with Crippen LogP contribution in [0.4, 0.5) is 5.82 Å². The zero-order valence-electron chi connectivity index (χ0n) is 17.2. The zero-order chi connectivity index (χ0) is 20.4. The fraction of sp³-hybridized carbons (Fsp3) is 0.429. The van der Waals surface area contributed by atoms with E-state index in [1.54, 1.807) is 23.3 Å². The van der Waals surface area contributed by atoms with Crippen LogP contribution >= 0.6 is 0 Å². The average Bonchev–Trinajstić information content (AvgIpc) is 3.14. The molecule has 0 atom stereocenters. The van der Waals surface area contributed by atoms with Crippen LogP contribution in [0, 0.1) is 0 Å². The van der Waals surface area contributed by atoms with Gasteiger partial charge in [0, 0.05) is 68.8 Å². The molecule has 4 rings (SSSR count). The molecule has 1 aliphatic rings. The predicted octanol–water partition coefficient (Wildman–Crippen LogP) is 1.99. The van der Waals surface area contributed by atoms with Crippen molar-refractivity contribution >= 4 is 22.5 Å². The van der Waals surface area contributed by atoms with E-state index in [1.807, 2.05) is 25.4 Å². The topological polar surface area (TPSA) is 79.2 Å². The summed E-state index contributed by atoms with van der Waals surface area (Å²) in [6.45, 7) is 8.65. The van der Waals surface area contributed by atoms with Gasteiger partial charge in [-0.25, -0.2) is 4.98 Å². The van der Waals surface area contributed by atoms with E-state index in [0.29, 0.717) is 18.4 Å².